The van der Waals surface area contributed by atoms with Crippen LogP contribution in [-0.2, 0) is 4.79 Å². The first-order valence-corrected chi connectivity index (χ1v) is 11.7. The zero-order chi connectivity index (χ0) is 22.7. The minimum atomic E-state index is -0.633. The molecule has 10 heteroatoms. The van der Waals surface area contributed by atoms with Gasteiger partial charge in [0.05, 0.1) is 22.0 Å². The number of ether oxygens (including phenoxy) is 1. The van der Waals surface area contributed by atoms with E-state index in [2.05, 4.69) is 15.2 Å². The van der Waals surface area contributed by atoms with Crippen LogP contribution in [0.2, 0.25) is 0 Å². The maximum Gasteiger partial charge on any atom is 0.277 e. The molecular weight excluding hydrogens is 451 g/mol. The maximum absolute atomic E-state index is 13.8. The third-order valence-electron chi connectivity index (χ3n) is 4.87. The van der Waals surface area contributed by atoms with E-state index in [1.54, 1.807) is 42.3 Å². The van der Waals surface area contributed by atoms with Gasteiger partial charge in [-0.3, -0.25) is 4.79 Å². The lowest BCUT2D eigenvalue weighted by Gasteiger charge is -2.22. The van der Waals surface area contributed by atoms with Crippen molar-refractivity contribution in [2.24, 2.45) is 0 Å². The summed E-state index contributed by atoms with van der Waals surface area (Å²) in [7, 11) is 1.75. The van der Waals surface area contributed by atoms with E-state index >= 15 is 0 Å². The number of rotatable bonds is 8. The van der Waals surface area contributed by atoms with Crippen molar-refractivity contribution in [2.45, 2.75) is 31.2 Å². The van der Waals surface area contributed by atoms with Gasteiger partial charge in [-0.05, 0) is 38.1 Å². The van der Waals surface area contributed by atoms with Crippen LogP contribution in [-0.4, -0.2) is 38.8 Å². The van der Waals surface area contributed by atoms with Gasteiger partial charge in [0.25, 0.3) is 11.1 Å². The molecule has 1 amide bonds. The van der Waals surface area contributed by atoms with E-state index in [1.165, 1.54) is 12.1 Å². The number of carbonyl (C=O) groups is 1. The molecular formula is C22H21FN4O3S2. The summed E-state index contributed by atoms with van der Waals surface area (Å²) in [5.74, 6) is -0.107. The summed E-state index contributed by atoms with van der Waals surface area (Å²) in [6, 6.07) is 13.8. The van der Waals surface area contributed by atoms with Crippen molar-refractivity contribution < 1.29 is 18.3 Å². The monoisotopic (exact) mass is 472 g/mol. The Bertz CT molecular complexity index is 1200. The number of benzene rings is 2. The fourth-order valence-corrected chi connectivity index (χ4v) is 4.66. The number of fused-ring (bicyclic) bond motifs is 1. The summed E-state index contributed by atoms with van der Waals surface area (Å²) in [5, 5.41) is 9.04. The lowest BCUT2D eigenvalue weighted by molar-refractivity contribution is -0.128. The number of thioether (sulfide) groups is 1. The summed E-state index contributed by atoms with van der Waals surface area (Å²) in [5.41, 5.74) is 0.930. The second-order valence-corrected chi connectivity index (χ2v) is 9.07. The summed E-state index contributed by atoms with van der Waals surface area (Å²) in [6.45, 7) is 3.64. The number of thiazole rings is 1. The van der Waals surface area contributed by atoms with Gasteiger partial charge in [0, 0.05) is 7.05 Å². The molecule has 0 aliphatic carbocycles. The van der Waals surface area contributed by atoms with Crippen LogP contribution in [0, 0.1) is 5.82 Å². The van der Waals surface area contributed by atoms with Gasteiger partial charge in [0.2, 0.25) is 5.91 Å². The molecule has 4 aromatic rings. The zero-order valence-corrected chi connectivity index (χ0v) is 19.3. The van der Waals surface area contributed by atoms with Crippen LogP contribution in [0.1, 0.15) is 36.9 Å². The van der Waals surface area contributed by atoms with Gasteiger partial charge >= 0.3 is 0 Å². The molecule has 2 atom stereocenters. The molecule has 32 heavy (non-hydrogen) atoms. The predicted molar refractivity (Wildman–Crippen MR) is 121 cm³/mol. The highest BCUT2D eigenvalue weighted by Gasteiger charge is 2.22. The highest BCUT2D eigenvalue weighted by Crippen LogP contribution is 2.30. The number of halogens is 1. The minimum absolute atomic E-state index is 0.0860. The fraction of sp³-hybridized carbons (Fsp3) is 0.273. The van der Waals surface area contributed by atoms with Gasteiger partial charge in [-0.2, -0.15) is 0 Å². The van der Waals surface area contributed by atoms with E-state index in [0.29, 0.717) is 0 Å². The molecule has 0 aliphatic heterocycles. The molecule has 0 fully saturated rings. The fourth-order valence-electron chi connectivity index (χ4n) is 2.90. The first kappa shape index (κ1) is 22.2. The molecule has 7 nitrogen and oxygen atoms in total. The lowest BCUT2D eigenvalue weighted by Crippen LogP contribution is -2.31. The Morgan fingerprint density at radius 2 is 1.94 bits per heavy atom. The lowest BCUT2D eigenvalue weighted by atomic mass is 10.3. The van der Waals surface area contributed by atoms with E-state index in [9.17, 15) is 9.18 Å². The molecule has 0 bridgehead atoms. The molecule has 166 valence electrons. The van der Waals surface area contributed by atoms with Crippen molar-refractivity contribution in [2.75, 3.05) is 12.8 Å². The van der Waals surface area contributed by atoms with Crippen molar-refractivity contribution in [3.63, 3.8) is 0 Å². The molecule has 0 saturated heterocycles. The average Bonchev–Trinajstić information content (AvgIpc) is 3.45. The molecule has 2 heterocycles. The second-order valence-electron chi connectivity index (χ2n) is 7.09. The first-order valence-electron chi connectivity index (χ1n) is 9.91. The highest BCUT2D eigenvalue weighted by molar-refractivity contribution is 7.99. The Kier molecular flexibility index (Phi) is 6.71. The number of hydrogen-bond acceptors (Lipinski definition) is 8. The van der Waals surface area contributed by atoms with Crippen LogP contribution in [0.4, 0.5) is 4.39 Å². The van der Waals surface area contributed by atoms with Crippen molar-refractivity contribution in [1.29, 1.82) is 0 Å². The van der Waals surface area contributed by atoms with Crippen LogP contribution in [0.3, 0.4) is 0 Å². The van der Waals surface area contributed by atoms with Gasteiger partial charge in [-0.15, -0.1) is 21.5 Å². The molecule has 0 saturated carbocycles. The van der Waals surface area contributed by atoms with Crippen LogP contribution in [0.25, 0.3) is 10.2 Å². The molecule has 0 aliphatic rings. The molecule has 0 unspecified atom stereocenters. The number of para-hydroxylation sites is 2. The summed E-state index contributed by atoms with van der Waals surface area (Å²) in [6.07, 6.45) is -0.633. The summed E-state index contributed by atoms with van der Waals surface area (Å²) < 4.78 is 26.0. The molecule has 2 aromatic heterocycles. The van der Waals surface area contributed by atoms with E-state index in [1.807, 2.05) is 31.2 Å². The van der Waals surface area contributed by atoms with Crippen LogP contribution in [0.5, 0.6) is 5.75 Å². The van der Waals surface area contributed by atoms with E-state index in [4.69, 9.17) is 9.15 Å². The Hall–Kier alpha value is -2.98. The van der Waals surface area contributed by atoms with Gasteiger partial charge < -0.3 is 14.1 Å². The van der Waals surface area contributed by atoms with Gasteiger partial charge in [0.15, 0.2) is 17.7 Å². The van der Waals surface area contributed by atoms with Crippen molar-refractivity contribution in [3.8, 4) is 5.75 Å². The number of nitrogens with zero attached hydrogens (tertiary/aromatic N) is 4. The van der Waals surface area contributed by atoms with Gasteiger partial charge in [-0.25, -0.2) is 9.37 Å². The Balaban J connectivity index is 1.33. The molecule has 0 N–H and O–H groups in total. The normalized spacial score (nSPS) is 13.1. The SMILES string of the molecule is C[C@H](Oc1ccccc1F)c1nnc(SCC(=O)N(C)[C@H](C)c2nc3ccccc3s2)o1. The van der Waals surface area contributed by atoms with Crippen LogP contribution >= 0.6 is 23.1 Å². The van der Waals surface area contributed by atoms with Crippen molar-refractivity contribution in [1.82, 2.24) is 20.1 Å². The standard InChI is InChI=1S/C22H21FN4O3S2/c1-13(21-24-16-9-5-7-11-18(16)32-21)27(3)19(28)12-31-22-26-25-20(30-22)14(2)29-17-10-6-4-8-15(17)23/h4-11,13-14H,12H2,1-3H3/t13-,14+/m1/s1. The quantitative estimate of drug-likeness (QED) is 0.323. The molecule has 2 aromatic carbocycles. The number of aromatic nitrogens is 3. The van der Waals surface area contributed by atoms with Gasteiger partial charge in [-0.1, -0.05) is 36.0 Å². The predicted octanol–water partition coefficient (Wildman–Crippen LogP) is 5.27. The third-order valence-corrected chi connectivity index (χ3v) is 6.88. The average molecular weight is 473 g/mol. The van der Waals surface area contributed by atoms with Crippen molar-refractivity contribution >= 4 is 39.2 Å². The van der Waals surface area contributed by atoms with E-state index < -0.39 is 11.9 Å². The van der Waals surface area contributed by atoms with Crippen molar-refractivity contribution in [3.05, 3.63) is 65.2 Å². The van der Waals surface area contributed by atoms with E-state index in [0.717, 1.165) is 27.0 Å². The second kappa shape index (κ2) is 9.66. The van der Waals surface area contributed by atoms with E-state index in [-0.39, 0.29) is 34.6 Å². The van der Waals surface area contributed by atoms with Crippen LogP contribution in [0.15, 0.2) is 58.2 Å². The van der Waals surface area contributed by atoms with Crippen LogP contribution < -0.4 is 4.74 Å². The Morgan fingerprint density at radius 1 is 1.19 bits per heavy atom. The Labute approximate surface area is 192 Å². The number of hydrogen-bond donors (Lipinski definition) is 0. The zero-order valence-electron chi connectivity index (χ0n) is 17.7. The molecule has 0 radical (unpaired) electrons. The maximum atomic E-state index is 13.8. The molecule has 0 spiro atoms. The largest absolute Gasteiger partial charge is 0.478 e. The summed E-state index contributed by atoms with van der Waals surface area (Å²) >= 11 is 2.72. The summed E-state index contributed by atoms with van der Waals surface area (Å²) in [4.78, 5) is 19.0. The Morgan fingerprint density at radius 3 is 2.72 bits per heavy atom. The topological polar surface area (TPSA) is 81.4 Å². The smallest absolute Gasteiger partial charge is 0.277 e. The third kappa shape index (κ3) is 4.91. The number of amides is 1. The minimum Gasteiger partial charge on any atom is -0.478 e. The first-order chi connectivity index (χ1) is 15.4. The van der Waals surface area contributed by atoms with Gasteiger partial charge in [0.1, 0.15) is 5.01 Å². The highest BCUT2D eigenvalue weighted by atomic mass is 32.2. The number of carbonyl (C=O) groups excluding carboxylic acids is 1. The molecule has 4 rings (SSSR count).